The number of nitrogens with one attached hydrogen (secondary N) is 1. The molecule has 1 aliphatic heterocycles. The maximum absolute atomic E-state index is 12.6. The van der Waals surface area contributed by atoms with Crippen LogP contribution in [0, 0.1) is 0 Å². The predicted molar refractivity (Wildman–Crippen MR) is 138 cm³/mol. The van der Waals surface area contributed by atoms with Crippen LogP contribution in [0.3, 0.4) is 0 Å². The number of likely N-dealkylation sites (tertiary alicyclic amines) is 1. The molecular weight excluding hydrogens is 482 g/mol. The van der Waals surface area contributed by atoms with Gasteiger partial charge in [-0.05, 0) is 45.6 Å². The summed E-state index contributed by atoms with van der Waals surface area (Å²) < 4.78 is 21.8. The quantitative estimate of drug-likeness (QED) is 0.461. The van der Waals surface area contributed by atoms with E-state index in [4.69, 9.17) is 14.2 Å². The number of amides is 1. The number of ether oxygens (including phenoxy) is 3. The van der Waals surface area contributed by atoms with E-state index in [0.717, 1.165) is 18.4 Å². The molecule has 11 nitrogen and oxygen atoms in total. The molecule has 3 aromatic rings. The zero-order valence-electron chi connectivity index (χ0n) is 21.1. The molecule has 1 atom stereocenters. The molecule has 4 rings (SSSR count). The number of aromatic nitrogens is 5. The van der Waals surface area contributed by atoms with Crippen LogP contribution >= 0.6 is 11.9 Å². The Hall–Kier alpha value is -3.54. The molecule has 1 aliphatic rings. The lowest BCUT2D eigenvalue weighted by Crippen LogP contribution is -2.44. The standard InChI is InChI=1S/C24H31N7O4S/c1-24(2,3)35-23(32)30-13-9-12-17(14-30)36-29-22-28-27-19(16-10-7-6-8-11-16)31(22)18-20(33-4)25-15-26-21(18)34-5/h6-8,10-11,15,17H,9,12-14H2,1-5H3,(H,28,29). The third-order valence-electron chi connectivity index (χ3n) is 5.41. The van der Waals surface area contributed by atoms with E-state index in [9.17, 15) is 4.79 Å². The van der Waals surface area contributed by atoms with Crippen molar-refractivity contribution in [2.24, 2.45) is 0 Å². The molecule has 0 spiro atoms. The van der Waals surface area contributed by atoms with E-state index in [1.54, 1.807) is 9.47 Å². The molecule has 3 heterocycles. The Kier molecular flexibility index (Phi) is 7.82. The van der Waals surface area contributed by atoms with Gasteiger partial charge in [0.25, 0.3) is 0 Å². The Morgan fingerprint density at radius 3 is 2.42 bits per heavy atom. The van der Waals surface area contributed by atoms with Gasteiger partial charge in [0.1, 0.15) is 11.9 Å². The molecule has 1 amide bonds. The van der Waals surface area contributed by atoms with Crippen LogP contribution in [0.25, 0.3) is 17.1 Å². The second-order valence-electron chi connectivity index (χ2n) is 9.20. The number of carbonyl (C=O) groups excluding carboxylic acids is 1. The van der Waals surface area contributed by atoms with Gasteiger partial charge in [0, 0.05) is 23.9 Å². The minimum absolute atomic E-state index is 0.132. The smallest absolute Gasteiger partial charge is 0.410 e. The van der Waals surface area contributed by atoms with Gasteiger partial charge in [-0.25, -0.2) is 4.79 Å². The molecule has 1 fully saturated rings. The van der Waals surface area contributed by atoms with Crippen molar-refractivity contribution < 1.29 is 19.0 Å². The summed E-state index contributed by atoms with van der Waals surface area (Å²) in [6.45, 7) is 6.85. The Morgan fingerprint density at radius 2 is 1.78 bits per heavy atom. The van der Waals surface area contributed by atoms with Gasteiger partial charge < -0.3 is 19.1 Å². The van der Waals surface area contributed by atoms with Crippen molar-refractivity contribution >= 4 is 24.0 Å². The van der Waals surface area contributed by atoms with Crippen molar-refractivity contribution in [2.75, 3.05) is 32.0 Å². The number of anilines is 1. The van der Waals surface area contributed by atoms with E-state index in [2.05, 4.69) is 24.9 Å². The molecule has 1 saturated heterocycles. The predicted octanol–water partition coefficient (Wildman–Crippen LogP) is 4.20. The van der Waals surface area contributed by atoms with E-state index < -0.39 is 5.60 Å². The highest BCUT2D eigenvalue weighted by molar-refractivity contribution is 8.01. The van der Waals surface area contributed by atoms with Gasteiger partial charge >= 0.3 is 6.09 Å². The van der Waals surface area contributed by atoms with E-state index in [0.29, 0.717) is 42.3 Å². The summed E-state index contributed by atoms with van der Waals surface area (Å²) in [5.74, 6) is 1.67. The fourth-order valence-electron chi connectivity index (χ4n) is 3.84. The summed E-state index contributed by atoms with van der Waals surface area (Å²) in [5, 5.41) is 8.99. The van der Waals surface area contributed by atoms with Crippen LogP contribution < -0.4 is 14.2 Å². The van der Waals surface area contributed by atoms with Gasteiger partial charge in [-0.1, -0.05) is 30.3 Å². The molecule has 1 unspecified atom stereocenters. The Bertz CT molecular complexity index is 1160. The molecule has 192 valence electrons. The maximum Gasteiger partial charge on any atom is 0.410 e. The number of piperidine rings is 1. The van der Waals surface area contributed by atoms with Gasteiger partial charge in [0.15, 0.2) is 11.5 Å². The van der Waals surface area contributed by atoms with Gasteiger partial charge in [-0.2, -0.15) is 9.97 Å². The van der Waals surface area contributed by atoms with E-state index >= 15 is 0 Å². The fraction of sp³-hybridized carbons (Fsp3) is 0.458. The van der Waals surface area contributed by atoms with Crippen molar-refractivity contribution in [2.45, 2.75) is 44.5 Å². The van der Waals surface area contributed by atoms with Crippen LogP contribution in [0.2, 0.25) is 0 Å². The normalized spacial score (nSPS) is 15.9. The number of hydrogen-bond acceptors (Lipinski definition) is 10. The lowest BCUT2D eigenvalue weighted by molar-refractivity contribution is 0.0220. The lowest BCUT2D eigenvalue weighted by atomic mass is 10.1. The van der Waals surface area contributed by atoms with E-state index in [-0.39, 0.29) is 11.3 Å². The van der Waals surface area contributed by atoms with Gasteiger partial charge in [0.05, 0.1) is 14.2 Å². The van der Waals surface area contributed by atoms with Crippen LogP contribution in [0.15, 0.2) is 36.7 Å². The monoisotopic (exact) mass is 513 g/mol. The third-order valence-corrected chi connectivity index (χ3v) is 6.43. The van der Waals surface area contributed by atoms with E-state index in [1.807, 2.05) is 51.1 Å². The van der Waals surface area contributed by atoms with Crippen LogP contribution in [-0.2, 0) is 4.74 Å². The molecule has 12 heteroatoms. The van der Waals surface area contributed by atoms with Crippen molar-refractivity contribution in [3.63, 3.8) is 0 Å². The first-order chi connectivity index (χ1) is 17.3. The van der Waals surface area contributed by atoms with Gasteiger partial charge in [-0.3, -0.25) is 9.29 Å². The summed E-state index contributed by atoms with van der Waals surface area (Å²) in [4.78, 5) is 22.9. The minimum atomic E-state index is -0.532. The molecule has 0 aliphatic carbocycles. The van der Waals surface area contributed by atoms with E-state index in [1.165, 1.54) is 32.5 Å². The van der Waals surface area contributed by atoms with Gasteiger partial charge in [0.2, 0.25) is 17.7 Å². The molecule has 36 heavy (non-hydrogen) atoms. The lowest BCUT2D eigenvalue weighted by Gasteiger charge is -2.33. The van der Waals surface area contributed by atoms with Crippen molar-refractivity contribution in [3.05, 3.63) is 36.7 Å². The first-order valence-corrected chi connectivity index (χ1v) is 12.5. The van der Waals surface area contributed by atoms with Crippen LogP contribution in [-0.4, -0.2) is 73.9 Å². The molecule has 2 aromatic heterocycles. The summed E-state index contributed by atoms with van der Waals surface area (Å²) >= 11 is 1.49. The third kappa shape index (κ3) is 5.81. The summed E-state index contributed by atoms with van der Waals surface area (Å²) in [7, 11) is 3.07. The number of nitrogens with zero attached hydrogens (tertiary/aromatic N) is 6. The Morgan fingerprint density at radius 1 is 1.08 bits per heavy atom. The number of rotatable bonds is 7. The maximum atomic E-state index is 12.6. The highest BCUT2D eigenvalue weighted by atomic mass is 32.2. The van der Waals surface area contributed by atoms with Gasteiger partial charge in [-0.15, -0.1) is 10.2 Å². The molecule has 0 bridgehead atoms. The average molecular weight is 514 g/mol. The molecule has 1 aromatic carbocycles. The molecule has 0 radical (unpaired) electrons. The largest absolute Gasteiger partial charge is 0.479 e. The molecule has 1 N–H and O–H groups in total. The van der Waals surface area contributed by atoms with Crippen LogP contribution in [0.4, 0.5) is 10.7 Å². The number of benzene rings is 1. The first kappa shape index (κ1) is 25.5. The van der Waals surface area contributed by atoms with Crippen LogP contribution in [0.5, 0.6) is 11.8 Å². The number of hydrogen-bond donors (Lipinski definition) is 1. The molecular formula is C24H31N7O4S. The van der Waals surface area contributed by atoms with Crippen molar-refractivity contribution in [1.29, 1.82) is 0 Å². The summed E-state index contributed by atoms with van der Waals surface area (Å²) in [6.07, 6.45) is 2.91. The average Bonchev–Trinajstić information content (AvgIpc) is 3.30. The summed E-state index contributed by atoms with van der Waals surface area (Å²) in [5.41, 5.74) is 0.800. The zero-order valence-corrected chi connectivity index (χ0v) is 21.9. The number of methoxy groups -OCH3 is 2. The highest BCUT2D eigenvalue weighted by Gasteiger charge is 2.29. The Balaban J connectivity index is 1.62. The second kappa shape index (κ2) is 11.0. The van der Waals surface area contributed by atoms with Crippen molar-refractivity contribution in [1.82, 2.24) is 29.6 Å². The summed E-state index contributed by atoms with van der Waals surface area (Å²) in [6, 6.07) is 9.68. The zero-order chi connectivity index (χ0) is 25.7. The van der Waals surface area contributed by atoms with Crippen molar-refractivity contribution in [3.8, 4) is 28.8 Å². The second-order valence-corrected chi connectivity index (χ2v) is 10.3. The highest BCUT2D eigenvalue weighted by Crippen LogP contribution is 2.36. The Labute approximate surface area is 214 Å². The fourth-order valence-corrected chi connectivity index (χ4v) is 4.78. The van der Waals surface area contributed by atoms with Crippen LogP contribution in [0.1, 0.15) is 33.6 Å². The number of carbonyl (C=O) groups is 1. The topological polar surface area (TPSA) is 117 Å². The minimum Gasteiger partial charge on any atom is -0.479 e. The SMILES string of the molecule is COc1ncnc(OC)c1-n1c(NSC2CCCN(C(=O)OC(C)(C)C)C2)nnc1-c1ccccc1. The first-order valence-electron chi connectivity index (χ1n) is 11.6. The molecule has 0 saturated carbocycles.